The lowest BCUT2D eigenvalue weighted by atomic mass is 9.93. The van der Waals surface area contributed by atoms with Crippen molar-refractivity contribution in [2.75, 3.05) is 19.8 Å². The van der Waals surface area contributed by atoms with E-state index < -0.39 is 21.4 Å². The van der Waals surface area contributed by atoms with Gasteiger partial charge in [-0.3, -0.25) is 0 Å². The van der Waals surface area contributed by atoms with Gasteiger partial charge in [0.2, 0.25) is 10.0 Å². The summed E-state index contributed by atoms with van der Waals surface area (Å²) in [5.74, 6) is -0.466. The van der Waals surface area contributed by atoms with Gasteiger partial charge in [-0.15, -0.1) is 0 Å². The number of nitrogens with one attached hydrogen (secondary N) is 1. The van der Waals surface area contributed by atoms with Gasteiger partial charge in [0.15, 0.2) is 0 Å². The van der Waals surface area contributed by atoms with E-state index >= 15 is 0 Å². The number of aliphatic hydroxyl groups excluding tert-OH is 1. The molecule has 0 amide bonds. The minimum absolute atomic E-state index is 0.0724. The maximum atomic E-state index is 13.3. The molecule has 0 aliphatic carbocycles. The van der Waals surface area contributed by atoms with E-state index in [1.54, 1.807) is 13.8 Å². The molecule has 1 saturated heterocycles. The van der Waals surface area contributed by atoms with E-state index in [-0.39, 0.29) is 11.5 Å². The molecule has 1 heterocycles. The molecule has 0 unspecified atom stereocenters. The molecule has 2 rings (SSSR count). The van der Waals surface area contributed by atoms with Crippen molar-refractivity contribution in [3.05, 3.63) is 29.1 Å². The number of hydrogen-bond donors (Lipinski definition) is 2. The summed E-state index contributed by atoms with van der Waals surface area (Å²) in [5.41, 5.74) is -0.218. The molecule has 0 atom stereocenters. The molecular formula is C14H20FNO4S. The van der Waals surface area contributed by atoms with Crippen molar-refractivity contribution in [3.63, 3.8) is 0 Å². The van der Waals surface area contributed by atoms with Gasteiger partial charge in [-0.25, -0.2) is 17.5 Å². The number of sulfonamides is 1. The summed E-state index contributed by atoms with van der Waals surface area (Å²) in [7, 11) is -3.84. The van der Waals surface area contributed by atoms with Gasteiger partial charge >= 0.3 is 0 Å². The number of ether oxygens (including phenoxy) is 1. The highest BCUT2D eigenvalue weighted by Gasteiger charge is 2.37. The first-order chi connectivity index (χ1) is 9.80. The topological polar surface area (TPSA) is 75.6 Å². The molecule has 21 heavy (non-hydrogen) atoms. The second-order valence-corrected chi connectivity index (χ2v) is 7.14. The lowest BCUT2D eigenvalue weighted by Gasteiger charge is -2.36. The van der Waals surface area contributed by atoms with Crippen LogP contribution in [0.15, 0.2) is 17.0 Å². The first-order valence-electron chi connectivity index (χ1n) is 6.79. The van der Waals surface area contributed by atoms with Gasteiger partial charge < -0.3 is 9.84 Å². The van der Waals surface area contributed by atoms with Crippen LogP contribution in [0, 0.1) is 19.7 Å². The Bertz CT molecular complexity index is 601. The first-order valence-corrected chi connectivity index (χ1v) is 8.27. The van der Waals surface area contributed by atoms with Crippen LogP contribution in [0.3, 0.4) is 0 Å². The van der Waals surface area contributed by atoms with Crippen molar-refractivity contribution >= 4 is 10.0 Å². The predicted octanol–water partition coefficient (Wildman–Crippen LogP) is 1.26. The summed E-state index contributed by atoms with van der Waals surface area (Å²) >= 11 is 0. The summed E-state index contributed by atoms with van der Waals surface area (Å²) in [6.07, 6.45) is 0.810. The molecule has 0 spiro atoms. The van der Waals surface area contributed by atoms with Crippen LogP contribution in [0.4, 0.5) is 4.39 Å². The van der Waals surface area contributed by atoms with Gasteiger partial charge in [0.25, 0.3) is 0 Å². The average molecular weight is 317 g/mol. The molecule has 2 N–H and O–H groups in total. The van der Waals surface area contributed by atoms with Gasteiger partial charge in [-0.2, -0.15) is 0 Å². The Labute approximate surface area is 124 Å². The van der Waals surface area contributed by atoms with Crippen LogP contribution in [0.5, 0.6) is 0 Å². The molecule has 1 aliphatic heterocycles. The summed E-state index contributed by atoms with van der Waals surface area (Å²) in [6, 6.07) is 2.38. The molecule has 0 aromatic heterocycles. The quantitative estimate of drug-likeness (QED) is 0.877. The minimum Gasteiger partial charge on any atom is -0.394 e. The zero-order valence-corrected chi connectivity index (χ0v) is 13.0. The Morgan fingerprint density at radius 3 is 2.29 bits per heavy atom. The van der Waals surface area contributed by atoms with Crippen molar-refractivity contribution in [1.29, 1.82) is 0 Å². The second kappa shape index (κ2) is 6.00. The molecule has 1 aromatic rings. The average Bonchev–Trinajstić information content (AvgIpc) is 2.37. The van der Waals surface area contributed by atoms with E-state index in [0.717, 1.165) is 0 Å². The maximum Gasteiger partial charge on any atom is 0.241 e. The smallest absolute Gasteiger partial charge is 0.241 e. The van der Waals surface area contributed by atoms with Crippen LogP contribution in [0.25, 0.3) is 0 Å². The molecule has 0 radical (unpaired) electrons. The van der Waals surface area contributed by atoms with Gasteiger partial charge in [-0.1, -0.05) is 0 Å². The van der Waals surface area contributed by atoms with E-state index in [9.17, 15) is 17.9 Å². The number of aliphatic hydroxyl groups is 1. The Morgan fingerprint density at radius 2 is 1.81 bits per heavy atom. The molecule has 5 nitrogen and oxygen atoms in total. The van der Waals surface area contributed by atoms with E-state index in [2.05, 4.69) is 4.72 Å². The minimum atomic E-state index is -3.84. The zero-order chi connectivity index (χ0) is 15.7. The number of rotatable bonds is 4. The highest BCUT2D eigenvalue weighted by Crippen LogP contribution is 2.26. The molecule has 118 valence electrons. The maximum absolute atomic E-state index is 13.3. The monoisotopic (exact) mass is 317 g/mol. The van der Waals surface area contributed by atoms with Crippen LogP contribution in [0.2, 0.25) is 0 Å². The van der Waals surface area contributed by atoms with Crippen LogP contribution in [-0.2, 0) is 14.8 Å². The van der Waals surface area contributed by atoms with E-state index in [0.29, 0.717) is 37.2 Å². The molecule has 7 heteroatoms. The lowest BCUT2D eigenvalue weighted by Crippen LogP contribution is -2.54. The van der Waals surface area contributed by atoms with E-state index in [4.69, 9.17) is 4.74 Å². The van der Waals surface area contributed by atoms with Crippen molar-refractivity contribution in [3.8, 4) is 0 Å². The third kappa shape index (κ3) is 3.42. The number of benzene rings is 1. The Balaban J connectivity index is 2.38. The Kier molecular flexibility index (Phi) is 4.67. The molecule has 0 saturated carbocycles. The Morgan fingerprint density at radius 1 is 1.29 bits per heavy atom. The third-order valence-electron chi connectivity index (χ3n) is 3.80. The van der Waals surface area contributed by atoms with Crippen molar-refractivity contribution in [1.82, 2.24) is 4.72 Å². The third-order valence-corrected chi connectivity index (χ3v) is 5.68. The van der Waals surface area contributed by atoms with E-state index in [1.165, 1.54) is 12.1 Å². The normalized spacial score (nSPS) is 18.7. The van der Waals surface area contributed by atoms with Gasteiger partial charge in [-0.05, 0) is 49.9 Å². The first kappa shape index (κ1) is 16.4. The van der Waals surface area contributed by atoms with Gasteiger partial charge in [0.05, 0.1) is 17.0 Å². The lowest BCUT2D eigenvalue weighted by molar-refractivity contribution is 0.0223. The molecular weight excluding hydrogens is 297 g/mol. The zero-order valence-electron chi connectivity index (χ0n) is 12.1. The van der Waals surface area contributed by atoms with Gasteiger partial charge in [0.1, 0.15) is 5.82 Å². The fourth-order valence-corrected chi connectivity index (χ4v) is 4.62. The Hall–Kier alpha value is -1.02. The van der Waals surface area contributed by atoms with Crippen LogP contribution in [0.1, 0.15) is 24.0 Å². The van der Waals surface area contributed by atoms with Crippen molar-refractivity contribution in [2.24, 2.45) is 0 Å². The summed E-state index contributed by atoms with van der Waals surface area (Å²) in [4.78, 5) is 0.0724. The number of hydrogen-bond acceptors (Lipinski definition) is 4. The number of aryl methyl sites for hydroxylation is 2. The van der Waals surface area contributed by atoms with Gasteiger partial charge in [0, 0.05) is 13.2 Å². The summed E-state index contributed by atoms with van der Waals surface area (Å²) < 4.78 is 46.4. The van der Waals surface area contributed by atoms with Crippen LogP contribution >= 0.6 is 0 Å². The van der Waals surface area contributed by atoms with E-state index in [1.807, 2.05) is 0 Å². The van der Waals surface area contributed by atoms with Crippen molar-refractivity contribution in [2.45, 2.75) is 37.1 Å². The van der Waals surface area contributed by atoms with Crippen molar-refractivity contribution < 1.29 is 22.7 Å². The molecule has 1 fully saturated rings. The highest BCUT2D eigenvalue weighted by molar-refractivity contribution is 7.89. The summed E-state index contributed by atoms with van der Waals surface area (Å²) in [5, 5.41) is 9.59. The highest BCUT2D eigenvalue weighted by atomic mass is 32.2. The predicted molar refractivity (Wildman–Crippen MR) is 76.1 cm³/mol. The largest absolute Gasteiger partial charge is 0.394 e. The molecule has 1 aliphatic rings. The summed E-state index contributed by atoms with van der Waals surface area (Å²) in [6.45, 7) is 3.60. The SMILES string of the molecule is Cc1cc(F)cc(C)c1S(=O)(=O)NC1(CO)CCOCC1. The van der Waals surface area contributed by atoms with Crippen LogP contribution in [-0.4, -0.2) is 38.9 Å². The molecule has 1 aromatic carbocycles. The van der Waals surface area contributed by atoms with Crippen LogP contribution < -0.4 is 4.72 Å². The fraction of sp³-hybridized carbons (Fsp3) is 0.571. The molecule has 0 bridgehead atoms. The fourth-order valence-electron chi connectivity index (χ4n) is 2.71. The standard InChI is InChI=1S/C14H20FNO4S/c1-10-7-12(15)8-11(2)13(10)21(18,19)16-14(9-17)3-5-20-6-4-14/h7-8,16-17H,3-6,9H2,1-2H3. The number of halogens is 1. The second-order valence-electron chi connectivity index (χ2n) is 5.53.